The van der Waals surface area contributed by atoms with Gasteiger partial charge in [-0.15, -0.1) is 0 Å². The minimum atomic E-state index is -0.743. The molecular weight excluding hydrogens is 389 g/mol. The molecule has 0 spiro atoms. The third kappa shape index (κ3) is 5.34. The second-order valence-corrected chi connectivity index (χ2v) is 7.11. The van der Waals surface area contributed by atoms with Crippen molar-refractivity contribution < 1.29 is 23.5 Å². The van der Waals surface area contributed by atoms with Gasteiger partial charge < -0.3 is 20.3 Å². The minimum absolute atomic E-state index is 0.0689. The number of ether oxygens (including phenoxy) is 1. The lowest BCUT2D eigenvalue weighted by atomic mass is 9.96. The number of benzene rings is 2. The van der Waals surface area contributed by atoms with Crippen LogP contribution in [0.25, 0.3) is 0 Å². The number of anilines is 1. The number of amides is 3. The molecule has 0 unspecified atom stereocenters. The number of nitrogens with one attached hydrogen (secondary N) is 2. The highest BCUT2D eigenvalue weighted by atomic mass is 19.1. The fraction of sp³-hybridized carbons (Fsp3) is 0.318. The van der Waals surface area contributed by atoms with Crippen LogP contribution in [0.15, 0.2) is 48.5 Å². The van der Waals surface area contributed by atoms with Crippen LogP contribution >= 0.6 is 0 Å². The van der Waals surface area contributed by atoms with Gasteiger partial charge in [0.2, 0.25) is 0 Å². The lowest BCUT2D eigenvalue weighted by Gasteiger charge is -2.32. The van der Waals surface area contributed by atoms with Gasteiger partial charge in [-0.2, -0.15) is 0 Å². The van der Waals surface area contributed by atoms with Crippen molar-refractivity contribution in [2.45, 2.75) is 12.8 Å². The van der Waals surface area contributed by atoms with Crippen molar-refractivity contribution in [1.29, 1.82) is 0 Å². The average molecular weight is 413 g/mol. The maximum Gasteiger partial charge on any atom is 0.313 e. The van der Waals surface area contributed by atoms with Crippen molar-refractivity contribution in [3.8, 4) is 5.75 Å². The zero-order valence-electron chi connectivity index (χ0n) is 16.7. The summed E-state index contributed by atoms with van der Waals surface area (Å²) in [6.45, 7) is 1.30. The first-order chi connectivity index (χ1) is 14.5. The Morgan fingerprint density at radius 1 is 1.03 bits per heavy atom. The first-order valence-corrected chi connectivity index (χ1v) is 9.75. The predicted molar refractivity (Wildman–Crippen MR) is 110 cm³/mol. The topological polar surface area (TPSA) is 87.7 Å². The third-order valence-corrected chi connectivity index (χ3v) is 5.11. The van der Waals surface area contributed by atoms with Gasteiger partial charge in [0, 0.05) is 25.3 Å². The number of rotatable bonds is 5. The standard InChI is InChI=1S/C22H24FN3O4/c1-30-17-8-6-16(7-9-17)25-21(28)20(27)24-14-15-10-12-26(13-11-15)22(29)18-4-2-3-5-19(18)23/h2-9,15H,10-14H2,1H3,(H,24,27)(H,25,28). The molecule has 1 heterocycles. The lowest BCUT2D eigenvalue weighted by molar-refractivity contribution is -0.136. The van der Waals surface area contributed by atoms with Crippen molar-refractivity contribution in [2.24, 2.45) is 5.92 Å². The van der Waals surface area contributed by atoms with Gasteiger partial charge in [-0.25, -0.2) is 4.39 Å². The number of hydrogen-bond donors (Lipinski definition) is 2. The molecule has 1 saturated heterocycles. The van der Waals surface area contributed by atoms with E-state index in [1.165, 1.54) is 12.1 Å². The molecule has 0 radical (unpaired) electrons. The zero-order valence-corrected chi connectivity index (χ0v) is 16.7. The minimum Gasteiger partial charge on any atom is -0.497 e. The smallest absolute Gasteiger partial charge is 0.313 e. The Morgan fingerprint density at radius 3 is 2.33 bits per heavy atom. The molecule has 1 aliphatic rings. The zero-order chi connectivity index (χ0) is 21.5. The number of carbonyl (C=O) groups excluding carboxylic acids is 3. The van der Waals surface area contributed by atoms with Crippen molar-refractivity contribution in [2.75, 3.05) is 32.1 Å². The largest absolute Gasteiger partial charge is 0.497 e. The summed E-state index contributed by atoms with van der Waals surface area (Å²) in [5, 5.41) is 5.17. The lowest BCUT2D eigenvalue weighted by Crippen LogP contribution is -2.43. The van der Waals surface area contributed by atoms with Gasteiger partial charge in [0.1, 0.15) is 11.6 Å². The van der Waals surface area contributed by atoms with Crippen LogP contribution in [-0.2, 0) is 9.59 Å². The van der Waals surface area contributed by atoms with Crippen LogP contribution in [0.5, 0.6) is 5.75 Å². The molecule has 0 aliphatic carbocycles. The number of likely N-dealkylation sites (tertiary alicyclic amines) is 1. The summed E-state index contributed by atoms with van der Waals surface area (Å²) in [6, 6.07) is 12.6. The molecule has 30 heavy (non-hydrogen) atoms. The van der Waals surface area contributed by atoms with Crippen molar-refractivity contribution in [3.05, 3.63) is 59.9 Å². The van der Waals surface area contributed by atoms with E-state index >= 15 is 0 Å². The molecule has 2 N–H and O–H groups in total. The van der Waals surface area contributed by atoms with E-state index in [0.29, 0.717) is 43.9 Å². The molecular formula is C22H24FN3O4. The van der Waals surface area contributed by atoms with Crippen molar-refractivity contribution in [1.82, 2.24) is 10.2 Å². The maximum absolute atomic E-state index is 13.8. The van der Waals surface area contributed by atoms with Gasteiger partial charge in [-0.1, -0.05) is 12.1 Å². The molecule has 158 valence electrons. The number of methoxy groups -OCH3 is 1. The fourth-order valence-electron chi connectivity index (χ4n) is 3.32. The Bertz CT molecular complexity index is 909. The van der Waals surface area contributed by atoms with E-state index in [-0.39, 0.29) is 17.4 Å². The van der Waals surface area contributed by atoms with E-state index < -0.39 is 17.6 Å². The van der Waals surface area contributed by atoms with Crippen LogP contribution in [0, 0.1) is 11.7 Å². The van der Waals surface area contributed by atoms with Gasteiger partial charge in [0.25, 0.3) is 5.91 Å². The summed E-state index contributed by atoms with van der Waals surface area (Å²) in [5.41, 5.74) is 0.565. The molecule has 3 amide bonds. The maximum atomic E-state index is 13.8. The summed E-state index contributed by atoms with van der Waals surface area (Å²) >= 11 is 0. The highest BCUT2D eigenvalue weighted by molar-refractivity contribution is 6.39. The Kier molecular flexibility index (Phi) is 7.00. The van der Waals surface area contributed by atoms with Gasteiger partial charge in [-0.05, 0) is 55.2 Å². The van der Waals surface area contributed by atoms with Gasteiger partial charge in [-0.3, -0.25) is 14.4 Å². The quantitative estimate of drug-likeness (QED) is 0.737. The molecule has 0 aromatic heterocycles. The highest BCUT2D eigenvalue weighted by Crippen LogP contribution is 2.20. The molecule has 0 atom stereocenters. The summed E-state index contributed by atoms with van der Waals surface area (Å²) in [4.78, 5) is 38.2. The van der Waals surface area contributed by atoms with Crippen molar-refractivity contribution >= 4 is 23.4 Å². The number of hydrogen-bond acceptors (Lipinski definition) is 4. The average Bonchev–Trinajstić information content (AvgIpc) is 2.78. The SMILES string of the molecule is COc1ccc(NC(=O)C(=O)NCC2CCN(C(=O)c3ccccc3F)CC2)cc1. The molecule has 1 fully saturated rings. The Morgan fingerprint density at radius 2 is 1.70 bits per heavy atom. The predicted octanol–water partition coefficient (Wildman–Crippen LogP) is 2.44. The van der Waals surface area contributed by atoms with E-state index in [0.717, 1.165) is 0 Å². The normalized spacial score (nSPS) is 14.1. The monoisotopic (exact) mass is 413 g/mol. The molecule has 2 aromatic carbocycles. The van der Waals surface area contributed by atoms with E-state index in [1.54, 1.807) is 48.4 Å². The summed E-state index contributed by atoms with van der Waals surface area (Å²) in [5.74, 6) is -1.51. The summed E-state index contributed by atoms with van der Waals surface area (Å²) in [7, 11) is 1.54. The third-order valence-electron chi connectivity index (χ3n) is 5.11. The van der Waals surface area contributed by atoms with Crippen LogP contribution in [0.2, 0.25) is 0 Å². The fourth-order valence-corrected chi connectivity index (χ4v) is 3.32. The summed E-state index contributed by atoms with van der Waals surface area (Å²) in [6.07, 6.45) is 1.33. The number of halogens is 1. The van der Waals surface area contributed by atoms with E-state index in [9.17, 15) is 18.8 Å². The van der Waals surface area contributed by atoms with Crippen LogP contribution < -0.4 is 15.4 Å². The van der Waals surface area contributed by atoms with Gasteiger partial charge in [0.15, 0.2) is 0 Å². The Hall–Kier alpha value is -3.42. The first-order valence-electron chi connectivity index (χ1n) is 9.75. The highest BCUT2D eigenvalue weighted by Gasteiger charge is 2.26. The Labute approximate surface area is 174 Å². The van der Waals surface area contributed by atoms with Crippen LogP contribution in [0.4, 0.5) is 10.1 Å². The molecule has 8 heteroatoms. The van der Waals surface area contributed by atoms with Crippen LogP contribution in [-0.4, -0.2) is 49.4 Å². The summed E-state index contributed by atoms with van der Waals surface area (Å²) < 4.78 is 18.9. The first kappa shape index (κ1) is 21.3. The molecule has 3 rings (SSSR count). The van der Waals surface area contributed by atoms with E-state index in [4.69, 9.17) is 4.74 Å². The molecule has 0 bridgehead atoms. The molecule has 7 nitrogen and oxygen atoms in total. The van der Waals surface area contributed by atoms with E-state index in [2.05, 4.69) is 10.6 Å². The molecule has 0 saturated carbocycles. The molecule has 2 aromatic rings. The number of carbonyl (C=O) groups is 3. The second-order valence-electron chi connectivity index (χ2n) is 7.11. The Balaban J connectivity index is 1.42. The van der Waals surface area contributed by atoms with Crippen LogP contribution in [0.1, 0.15) is 23.2 Å². The number of piperidine rings is 1. The van der Waals surface area contributed by atoms with Gasteiger partial charge in [0.05, 0.1) is 12.7 Å². The van der Waals surface area contributed by atoms with Crippen molar-refractivity contribution in [3.63, 3.8) is 0 Å². The number of nitrogens with zero attached hydrogens (tertiary/aromatic N) is 1. The van der Waals surface area contributed by atoms with E-state index in [1.807, 2.05) is 0 Å². The second kappa shape index (κ2) is 9.87. The van der Waals surface area contributed by atoms with Crippen LogP contribution in [0.3, 0.4) is 0 Å². The molecule has 1 aliphatic heterocycles. The van der Waals surface area contributed by atoms with Gasteiger partial charge >= 0.3 is 11.8 Å².